The summed E-state index contributed by atoms with van der Waals surface area (Å²) in [5.74, 6) is 0.139. The summed E-state index contributed by atoms with van der Waals surface area (Å²) in [4.78, 5) is 20.0. The van der Waals surface area contributed by atoms with E-state index < -0.39 is 5.54 Å². The number of amides is 1. The molecule has 0 radical (unpaired) electrons. The highest BCUT2D eigenvalue weighted by atomic mass is 35.5. The van der Waals surface area contributed by atoms with Crippen molar-refractivity contribution in [2.45, 2.75) is 12.5 Å². The lowest BCUT2D eigenvalue weighted by Crippen LogP contribution is -2.38. The van der Waals surface area contributed by atoms with Crippen LogP contribution >= 0.6 is 22.9 Å². The fourth-order valence-electron chi connectivity index (χ4n) is 2.34. The first kappa shape index (κ1) is 14.1. The van der Waals surface area contributed by atoms with Gasteiger partial charge in [-0.1, -0.05) is 23.7 Å². The van der Waals surface area contributed by atoms with Crippen molar-refractivity contribution in [3.8, 4) is 10.4 Å². The molecular formula is C15H14ClN3OS. The lowest BCUT2D eigenvalue weighted by molar-refractivity contribution is -0.129. The Morgan fingerprint density at radius 3 is 2.71 bits per heavy atom. The Labute approximate surface area is 131 Å². The number of aliphatic imine (C=N–C) groups is 1. The number of carbonyl (C=O) groups excluding carboxylic acids is 1. The molecule has 1 aliphatic rings. The second-order valence-corrected chi connectivity index (χ2v) is 6.60. The Hall–Kier alpha value is -1.85. The highest BCUT2D eigenvalue weighted by Crippen LogP contribution is 2.39. The first-order valence-electron chi connectivity index (χ1n) is 6.41. The van der Waals surface area contributed by atoms with Crippen molar-refractivity contribution in [1.29, 1.82) is 0 Å². The van der Waals surface area contributed by atoms with Gasteiger partial charge in [0.05, 0.1) is 0 Å². The molecule has 2 heterocycles. The first-order chi connectivity index (χ1) is 9.91. The largest absolute Gasteiger partial charge is 0.369 e. The van der Waals surface area contributed by atoms with Crippen LogP contribution in [-0.2, 0) is 10.3 Å². The molecule has 0 aliphatic carbocycles. The molecule has 0 saturated heterocycles. The fourth-order valence-corrected chi connectivity index (χ4v) is 3.62. The number of nitrogens with two attached hydrogens (primary N) is 1. The summed E-state index contributed by atoms with van der Waals surface area (Å²) in [5.41, 5.74) is 5.86. The minimum absolute atomic E-state index is 0.112. The maximum Gasteiger partial charge on any atom is 0.262 e. The minimum Gasteiger partial charge on any atom is -0.369 e. The first-order valence-corrected chi connectivity index (χ1v) is 7.61. The molecule has 1 atom stereocenters. The fraction of sp³-hybridized carbons (Fsp3) is 0.200. The van der Waals surface area contributed by atoms with Crippen LogP contribution in [0.2, 0.25) is 5.02 Å². The summed E-state index contributed by atoms with van der Waals surface area (Å²) >= 11 is 7.55. The normalized spacial score (nSPS) is 21.8. The number of hydrogen-bond acceptors (Lipinski definition) is 4. The van der Waals surface area contributed by atoms with E-state index in [1.54, 1.807) is 14.0 Å². The minimum atomic E-state index is -0.930. The van der Waals surface area contributed by atoms with Gasteiger partial charge in [-0.15, -0.1) is 11.3 Å². The number of guanidine groups is 1. The molecule has 2 N–H and O–H groups in total. The number of thiophene rings is 1. The van der Waals surface area contributed by atoms with Crippen LogP contribution in [0, 0.1) is 0 Å². The van der Waals surface area contributed by atoms with Crippen molar-refractivity contribution in [2.24, 2.45) is 10.7 Å². The highest BCUT2D eigenvalue weighted by Gasteiger charge is 2.44. The van der Waals surface area contributed by atoms with Crippen LogP contribution in [0.4, 0.5) is 0 Å². The van der Waals surface area contributed by atoms with E-state index in [1.807, 2.05) is 36.4 Å². The van der Waals surface area contributed by atoms with Gasteiger partial charge < -0.3 is 5.73 Å². The van der Waals surface area contributed by atoms with Crippen molar-refractivity contribution in [3.63, 3.8) is 0 Å². The van der Waals surface area contributed by atoms with Crippen LogP contribution < -0.4 is 5.73 Å². The molecule has 0 bridgehead atoms. The second kappa shape index (κ2) is 4.86. The predicted molar refractivity (Wildman–Crippen MR) is 86.5 cm³/mol. The molecule has 0 fully saturated rings. The molecule has 1 aromatic heterocycles. The third-order valence-corrected chi connectivity index (χ3v) is 5.18. The average Bonchev–Trinajstić information content (AvgIpc) is 3.01. The van der Waals surface area contributed by atoms with Gasteiger partial charge in [0, 0.05) is 21.8 Å². The van der Waals surface area contributed by atoms with Crippen molar-refractivity contribution in [3.05, 3.63) is 46.3 Å². The molecular weight excluding hydrogens is 306 g/mol. The topological polar surface area (TPSA) is 58.7 Å². The summed E-state index contributed by atoms with van der Waals surface area (Å²) in [5, 5.41) is 0.688. The maximum atomic E-state index is 12.4. The van der Waals surface area contributed by atoms with Gasteiger partial charge in [0.2, 0.25) is 0 Å². The molecule has 0 spiro atoms. The standard InChI is InChI=1S/C15H14ClN3OS/c1-15(13(20)19(2)14(17)18-15)12-7-6-11(21-12)9-4-3-5-10(16)8-9/h3-8H,1-2H3,(H2,17,18). The predicted octanol–water partition coefficient (Wildman–Crippen LogP) is 3.07. The van der Waals surface area contributed by atoms with E-state index in [0.717, 1.165) is 15.3 Å². The number of rotatable bonds is 2. The Balaban J connectivity index is 2.01. The van der Waals surface area contributed by atoms with E-state index in [1.165, 1.54) is 16.2 Å². The van der Waals surface area contributed by atoms with Crippen molar-refractivity contribution < 1.29 is 4.79 Å². The molecule has 1 unspecified atom stereocenters. The monoisotopic (exact) mass is 319 g/mol. The van der Waals surface area contributed by atoms with E-state index >= 15 is 0 Å². The third-order valence-electron chi connectivity index (χ3n) is 3.60. The number of likely N-dealkylation sites (N-methyl/N-ethyl adjacent to an activating group) is 1. The summed E-state index contributed by atoms with van der Waals surface area (Å²) in [6, 6.07) is 11.5. The number of halogens is 1. The van der Waals surface area contributed by atoms with Crippen molar-refractivity contribution >= 4 is 34.8 Å². The summed E-state index contributed by atoms with van der Waals surface area (Å²) in [7, 11) is 1.64. The molecule has 2 aromatic rings. The van der Waals surface area contributed by atoms with Crippen LogP contribution in [0.25, 0.3) is 10.4 Å². The Morgan fingerprint density at radius 1 is 1.33 bits per heavy atom. The zero-order valence-electron chi connectivity index (χ0n) is 11.6. The molecule has 3 rings (SSSR count). The van der Waals surface area contributed by atoms with Gasteiger partial charge in [0.15, 0.2) is 11.5 Å². The van der Waals surface area contributed by atoms with Gasteiger partial charge in [0.25, 0.3) is 5.91 Å². The molecule has 1 aromatic carbocycles. The van der Waals surface area contributed by atoms with E-state index in [-0.39, 0.29) is 11.9 Å². The molecule has 4 nitrogen and oxygen atoms in total. The Morgan fingerprint density at radius 2 is 2.10 bits per heavy atom. The second-order valence-electron chi connectivity index (χ2n) is 5.08. The smallest absolute Gasteiger partial charge is 0.262 e. The lowest BCUT2D eigenvalue weighted by atomic mass is 10.0. The van der Waals surface area contributed by atoms with Crippen LogP contribution in [0.15, 0.2) is 41.4 Å². The maximum absolute atomic E-state index is 12.4. The zero-order valence-corrected chi connectivity index (χ0v) is 13.2. The molecule has 1 amide bonds. The van der Waals surface area contributed by atoms with Crippen LogP contribution in [0.1, 0.15) is 11.8 Å². The number of carbonyl (C=O) groups is 1. The van der Waals surface area contributed by atoms with Gasteiger partial charge in [-0.05, 0) is 36.8 Å². The summed E-state index contributed by atoms with van der Waals surface area (Å²) in [6.45, 7) is 1.79. The molecule has 6 heteroatoms. The van der Waals surface area contributed by atoms with E-state index in [4.69, 9.17) is 17.3 Å². The van der Waals surface area contributed by atoms with Gasteiger partial charge in [-0.2, -0.15) is 0 Å². The molecule has 0 saturated carbocycles. The van der Waals surface area contributed by atoms with Crippen molar-refractivity contribution in [2.75, 3.05) is 7.05 Å². The van der Waals surface area contributed by atoms with Gasteiger partial charge >= 0.3 is 0 Å². The van der Waals surface area contributed by atoms with Crippen molar-refractivity contribution in [1.82, 2.24) is 4.90 Å². The van der Waals surface area contributed by atoms with Gasteiger partial charge in [-0.25, -0.2) is 4.99 Å². The Bertz CT molecular complexity index is 755. The van der Waals surface area contributed by atoms with Crippen LogP contribution in [0.5, 0.6) is 0 Å². The zero-order chi connectivity index (χ0) is 15.2. The quantitative estimate of drug-likeness (QED) is 0.924. The van der Waals surface area contributed by atoms with E-state index in [2.05, 4.69) is 4.99 Å². The van der Waals surface area contributed by atoms with Crippen LogP contribution in [0.3, 0.4) is 0 Å². The van der Waals surface area contributed by atoms with E-state index in [0.29, 0.717) is 5.02 Å². The molecule has 1 aliphatic heterocycles. The average molecular weight is 320 g/mol. The summed E-state index contributed by atoms with van der Waals surface area (Å²) in [6.07, 6.45) is 0. The summed E-state index contributed by atoms with van der Waals surface area (Å²) < 4.78 is 0. The Kier molecular flexibility index (Phi) is 3.26. The highest BCUT2D eigenvalue weighted by molar-refractivity contribution is 7.15. The molecule has 21 heavy (non-hydrogen) atoms. The SMILES string of the molecule is CN1C(=O)C(C)(c2ccc(-c3cccc(Cl)c3)s2)N=C1N. The van der Waals surface area contributed by atoms with Gasteiger partial charge in [0.1, 0.15) is 0 Å². The van der Waals surface area contributed by atoms with E-state index in [9.17, 15) is 4.79 Å². The lowest BCUT2D eigenvalue weighted by Gasteiger charge is -2.18. The number of nitrogens with zero attached hydrogens (tertiary/aromatic N) is 2. The van der Waals surface area contributed by atoms with Crippen LogP contribution in [-0.4, -0.2) is 23.8 Å². The number of hydrogen-bond donors (Lipinski definition) is 1. The number of benzene rings is 1. The molecule has 108 valence electrons. The third kappa shape index (κ3) is 2.22. The van der Waals surface area contributed by atoms with Gasteiger partial charge in [-0.3, -0.25) is 9.69 Å².